The van der Waals surface area contributed by atoms with Gasteiger partial charge in [-0.2, -0.15) is 0 Å². The highest BCUT2D eigenvalue weighted by Gasteiger charge is 2.31. The Labute approximate surface area is 214 Å². The van der Waals surface area contributed by atoms with Gasteiger partial charge in [0.15, 0.2) is 11.6 Å². The minimum atomic E-state index is -0.567. The van der Waals surface area contributed by atoms with Gasteiger partial charge in [-0.1, -0.05) is 38.6 Å². The Morgan fingerprint density at radius 1 is 1.33 bits per heavy atom. The summed E-state index contributed by atoms with van der Waals surface area (Å²) >= 11 is 0. The fraction of sp³-hybridized carbons (Fsp3) is 0.536. The lowest BCUT2D eigenvalue weighted by Gasteiger charge is -2.35. The molecule has 7 nitrogen and oxygen atoms in total. The smallest absolute Gasteiger partial charge is 0.253 e. The van der Waals surface area contributed by atoms with Gasteiger partial charge in [0, 0.05) is 39.1 Å². The number of allylic oxidation sites excluding steroid dienone is 2. The van der Waals surface area contributed by atoms with Gasteiger partial charge in [-0.3, -0.25) is 9.69 Å². The summed E-state index contributed by atoms with van der Waals surface area (Å²) in [6.45, 7) is 13.1. The fourth-order valence-electron chi connectivity index (χ4n) is 4.21. The Morgan fingerprint density at radius 2 is 2.17 bits per heavy atom. The number of methoxy groups -OCH3 is 1. The molecule has 1 aromatic rings. The Bertz CT molecular complexity index is 936. The molecule has 2 saturated heterocycles. The van der Waals surface area contributed by atoms with E-state index in [0.717, 1.165) is 23.3 Å². The first-order valence-electron chi connectivity index (χ1n) is 12.6. The lowest BCUT2D eigenvalue weighted by Crippen LogP contribution is -2.51. The van der Waals surface area contributed by atoms with Crippen LogP contribution in [0.25, 0.3) is 0 Å². The van der Waals surface area contributed by atoms with Crippen LogP contribution in [-0.2, 0) is 25.5 Å². The molecular weight excluding hydrogens is 463 g/mol. The Morgan fingerprint density at radius 3 is 2.92 bits per heavy atom. The first-order valence-corrected chi connectivity index (χ1v) is 12.6. The Hall–Kier alpha value is -2.68. The molecule has 2 heterocycles. The van der Waals surface area contributed by atoms with Crippen molar-refractivity contribution in [3.63, 3.8) is 0 Å². The molecule has 36 heavy (non-hydrogen) atoms. The van der Waals surface area contributed by atoms with Crippen LogP contribution in [0.2, 0.25) is 0 Å². The van der Waals surface area contributed by atoms with Crippen molar-refractivity contribution in [1.29, 1.82) is 0 Å². The highest BCUT2D eigenvalue weighted by atomic mass is 19.1. The molecule has 0 aromatic heterocycles. The van der Waals surface area contributed by atoms with Gasteiger partial charge in [-0.15, -0.1) is 0 Å². The fourth-order valence-corrected chi connectivity index (χ4v) is 4.21. The van der Waals surface area contributed by atoms with Gasteiger partial charge >= 0.3 is 0 Å². The number of carbonyl (C=O) groups excluding carboxylic acids is 1. The first-order chi connectivity index (χ1) is 17.4. The van der Waals surface area contributed by atoms with Crippen molar-refractivity contribution in [2.24, 2.45) is 5.92 Å². The van der Waals surface area contributed by atoms with E-state index in [1.54, 1.807) is 18.2 Å². The van der Waals surface area contributed by atoms with Gasteiger partial charge in [-0.25, -0.2) is 4.39 Å². The average Bonchev–Trinajstić information content (AvgIpc) is 3.15. The molecule has 8 heteroatoms. The second kappa shape index (κ2) is 14.2. The largest absolute Gasteiger partial charge is 0.495 e. The molecule has 2 fully saturated rings. The SMILES string of the molecule is C=C/C(=C\C=C1/COCCCO1)CN(CC(C)C)C(=O)C1CN(Cc2ccc(F)c(OC)c2)CCO1. The van der Waals surface area contributed by atoms with Crippen LogP contribution < -0.4 is 4.74 Å². The molecule has 0 aliphatic carbocycles. The van der Waals surface area contributed by atoms with E-state index >= 15 is 0 Å². The predicted molar refractivity (Wildman–Crippen MR) is 137 cm³/mol. The van der Waals surface area contributed by atoms with Crippen LogP contribution >= 0.6 is 0 Å². The van der Waals surface area contributed by atoms with Crippen molar-refractivity contribution in [2.45, 2.75) is 32.9 Å². The average molecular weight is 503 g/mol. The lowest BCUT2D eigenvalue weighted by molar-refractivity contribution is -0.149. The minimum Gasteiger partial charge on any atom is -0.495 e. The molecule has 1 atom stereocenters. The van der Waals surface area contributed by atoms with Crippen molar-refractivity contribution in [3.8, 4) is 5.75 Å². The zero-order valence-corrected chi connectivity index (χ0v) is 21.7. The lowest BCUT2D eigenvalue weighted by atomic mass is 10.1. The second-order valence-corrected chi connectivity index (χ2v) is 9.51. The van der Waals surface area contributed by atoms with Crippen molar-refractivity contribution < 1.29 is 28.1 Å². The van der Waals surface area contributed by atoms with Gasteiger partial charge in [0.05, 0.1) is 26.9 Å². The summed E-state index contributed by atoms with van der Waals surface area (Å²) in [6.07, 6.45) is 5.91. The molecule has 2 aliphatic rings. The maximum absolute atomic E-state index is 13.8. The maximum atomic E-state index is 13.8. The highest BCUT2D eigenvalue weighted by Crippen LogP contribution is 2.21. The molecule has 1 amide bonds. The number of halogens is 1. The molecule has 198 valence electrons. The number of rotatable bonds is 10. The van der Waals surface area contributed by atoms with Crippen LogP contribution in [0, 0.1) is 11.7 Å². The number of hydrogen-bond acceptors (Lipinski definition) is 6. The van der Waals surface area contributed by atoms with Crippen molar-refractivity contribution in [2.75, 3.05) is 59.7 Å². The number of carbonyl (C=O) groups is 1. The number of morpholine rings is 1. The number of nitrogens with zero attached hydrogens (tertiary/aromatic N) is 2. The molecule has 3 rings (SSSR count). The second-order valence-electron chi connectivity index (χ2n) is 9.51. The monoisotopic (exact) mass is 502 g/mol. The summed E-state index contributed by atoms with van der Waals surface area (Å²) in [7, 11) is 1.45. The summed E-state index contributed by atoms with van der Waals surface area (Å²) in [5.41, 5.74) is 1.84. The number of benzene rings is 1. The van der Waals surface area contributed by atoms with E-state index in [1.165, 1.54) is 13.2 Å². The van der Waals surface area contributed by atoms with Crippen LogP contribution in [0.5, 0.6) is 5.75 Å². The van der Waals surface area contributed by atoms with E-state index in [-0.39, 0.29) is 17.5 Å². The van der Waals surface area contributed by atoms with Crippen LogP contribution in [-0.4, -0.2) is 81.5 Å². The molecule has 0 spiro atoms. The normalized spacial score (nSPS) is 20.6. The van der Waals surface area contributed by atoms with E-state index in [9.17, 15) is 9.18 Å². The van der Waals surface area contributed by atoms with Crippen LogP contribution in [0.15, 0.2) is 54.3 Å². The minimum absolute atomic E-state index is 0.0421. The zero-order chi connectivity index (χ0) is 25.9. The van der Waals surface area contributed by atoms with Gasteiger partial charge in [0.25, 0.3) is 5.91 Å². The predicted octanol–water partition coefficient (Wildman–Crippen LogP) is 3.95. The van der Waals surface area contributed by atoms with Gasteiger partial charge in [0.2, 0.25) is 0 Å². The van der Waals surface area contributed by atoms with E-state index in [4.69, 9.17) is 18.9 Å². The molecule has 1 aromatic carbocycles. The number of amides is 1. The van der Waals surface area contributed by atoms with E-state index in [1.807, 2.05) is 17.1 Å². The Balaban J connectivity index is 1.67. The van der Waals surface area contributed by atoms with Crippen molar-refractivity contribution in [3.05, 3.63) is 65.7 Å². The summed E-state index contributed by atoms with van der Waals surface area (Å²) < 4.78 is 36.0. The Kier molecular flexibility index (Phi) is 11.0. The maximum Gasteiger partial charge on any atom is 0.253 e. The highest BCUT2D eigenvalue weighted by molar-refractivity contribution is 5.81. The topological polar surface area (TPSA) is 60.5 Å². The summed E-state index contributed by atoms with van der Waals surface area (Å²) in [5.74, 6) is 0.858. The van der Waals surface area contributed by atoms with Crippen molar-refractivity contribution >= 4 is 5.91 Å². The van der Waals surface area contributed by atoms with E-state index < -0.39 is 6.10 Å². The third-order valence-electron chi connectivity index (χ3n) is 6.03. The van der Waals surface area contributed by atoms with Crippen molar-refractivity contribution in [1.82, 2.24) is 9.80 Å². The molecule has 0 bridgehead atoms. The third kappa shape index (κ3) is 8.47. The molecule has 0 radical (unpaired) electrons. The zero-order valence-electron chi connectivity index (χ0n) is 21.7. The third-order valence-corrected chi connectivity index (χ3v) is 6.03. The van der Waals surface area contributed by atoms with E-state index in [2.05, 4.69) is 25.3 Å². The quantitative estimate of drug-likeness (QED) is 0.452. The molecule has 2 aliphatic heterocycles. The summed E-state index contributed by atoms with van der Waals surface area (Å²) in [6, 6.07) is 4.85. The van der Waals surface area contributed by atoms with Crippen LogP contribution in [0.3, 0.4) is 0 Å². The van der Waals surface area contributed by atoms with Gasteiger partial charge in [-0.05, 0) is 35.3 Å². The van der Waals surface area contributed by atoms with Gasteiger partial charge in [0.1, 0.15) is 18.5 Å². The number of hydrogen-bond donors (Lipinski definition) is 0. The molecular formula is C28H39FN2O5. The first kappa shape index (κ1) is 27.9. The van der Waals surface area contributed by atoms with Crippen LogP contribution in [0.1, 0.15) is 25.8 Å². The van der Waals surface area contributed by atoms with Gasteiger partial charge < -0.3 is 23.8 Å². The summed E-state index contributed by atoms with van der Waals surface area (Å²) in [4.78, 5) is 17.6. The molecule has 1 unspecified atom stereocenters. The molecule has 0 N–H and O–H groups in total. The number of ether oxygens (including phenoxy) is 4. The summed E-state index contributed by atoms with van der Waals surface area (Å²) in [5, 5.41) is 0. The molecule has 0 saturated carbocycles. The van der Waals surface area contributed by atoms with E-state index in [0.29, 0.717) is 65.1 Å². The standard InChI is InChI=1S/C28H39FN2O5/c1-5-22(7-9-24-20-34-12-6-13-35-24)18-31(16-21(2)3)28(32)27-19-30(11-14-36-27)17-23-8-10-25(29)26(15-23)33-4/h5,7-10,15,21,27H,1,6,11-14,16-20H2,2-4H3/b22-7+,24-9+. The van der Waals surface area contributed by atoms with Crippen LogP contribution in [0.4, 0.5) is 4.39 Å².